The monoisotopic (exact) mass is 246 g/mol. The van der Waals surface area contributed by atoms with Gasteiger partial charge >= 0.3 is 0 Å². The summed E-state index contributed by atoms with van der Waals surface area (Å²) in [6, 6.07) is 8.17. The molecule has 1 aromatic rings. The van der Waals surface area contributed by atoms with Gasteiger partial charge in [-0.25, -0.2) is 0 Å². The molecule has 3 rings (SSSR count). The summed E-state index contributed by atoms with van der Waals surface area (Å²) in [5, 5.41) is 0. The molecule has 96 valence electrons. The number of carbonyl (C=O) groups is 1. The van der Waals surface area contributed by atoms with E-state index in [1.54, 1.807) is 0 Å². The lowest BCUT2D eigenvalue weighted by molar-refractivity contribution is -0.136. The third-order valence-corrected chi connectivity index (χ3v) is 3.88. The summed E-state index contributed by atoms with van der Waals surface area (Å²) in [6.45, 7) is 2.47. The third-order valence-electron chi connectivity index (χ3n) is 3.88. The Labute approximate surface area is 107 Å². The van der Waals surface area contributed by atoms with Gasteiger partial charge in [0.25, 0.3) is 0 Å². The van der Waals surface area contributed by atoms with Crippen LogP contribution in [0, 0.1) is 5.92 Å². The molecule has 0 radical (unpaired) electrons. The number of nitrogens with zero attached hydrogens (tertiary/aromatic N) is 1. The summed E-state index contributed by atoms with van der Waals surface area (Å²) in [7, 11) is 0. The lowest BCUT2D eigenvalue weighted by atomic mass is 9.97. The number of hydrogen-bond donors (Lipinski definition) is 1. The molecule has 2 atom stereocenters. The second-order valence-corrected chi connectivity index (χ2v) is 5.09. The van der Waals surface area contributed by atoms with Crippen LogP contribution in [0.2, 0.25) is 0 Å². The average Bonchev–Trinajstić information content (AvgIpc) is 2.83. The molecular weight excluding hydrogens is 228 g/mol. The van der Waals surface area contributed by atoms with Crippen LogP contribution < -0.4 is 5.73 Å². The summed E-state index contributed by atoms with van der Waals surface area (Å²) in [6.07, 6.45) is 0.935. The zero-order chi connectivity index (χ0) is 12.5. The summed E-state index contributed by atoms with van der Waals surface area (Å²) in [5.41, 5.74) is 8.52. The van der Waals surface area contributed by atoms with Crippen molar-refractivity contribution in [3.05, 3.63) is 35.4 Å². The molecule has 0 bridgehead atoms. The Morgan fingerprint density at radius 2 is 2.06 bits per heavy atom. The van der Waals surface area contributed by atoms with Gasteiger partial charge in [0.15, 0.2) is 0 Å². The van der Waals surface area contributed by atoms with Crippen LogP contribution in [0.15, 0.2) is 24.3 Å². The maximum absolute atomic E-state index is 12.4. The van der Waals surface area contributed by atoms with Gasteiger partial charge in [-0.15, -0.1) is 0 Å². The first-order chi connectivity index (χ1) is 8.75. The number of fused-ring (bicyclic) bond motifs is 1. The Morgan fingerprint density at radius 1 is 1.28 bits per heavy atom. The van der Waals surface area contributed by atoms with Gasteiger partial charge in [0.05, 0.1) is 19.1 Å². The molecule has 2 aliphatic heterocycles. The van der Waals surface area contributed by atoms with Gasteiger partial charge in [-0.1, -0.05) is 24.3 Å². The maximum Gasteiger partial charge on any atom is 0.229 e. The first-order valence-electron chi connectivity index (χ1n) is 6.44. The highest BCUT2D eigenvalue weighted by Gasteiger charge is 2.35. The van der Waals surface area contributed by atoms with Crippen LogP contribution in [0.3, 0.4) is 0 Å². The minimum atomic E-state index is -0.157. The van der Waals surface area contributed by atoms with Gasteiger partial charge < -0.3 is 15.4 Å². The lowest BCUT2D eigenvalue weighted by Gasteiger charge is -2.31. The van der Waals surface area contributed by atoms with Crippen LogP contribution >= 0.6 is 0 Å². The van der Waals surface area contributed by atoms with Crippen molar-refractivity contribution in [1.29, 1.82) is 0 Å². The Hall–Kier alpha value is -1.39. The van der Waals surface area contributed by atoms with Crippen LogP contribution in [-0.4, -0.2) is 36.6 Å². The van der Waals surface area contributed by atoms with Crippen molar-refractivity contribution in [3.63, 3.8) is 0 Å². The number of carbonyl (C=O) groups excluding carboxylic acids is 1. The molecule has 1 fully saturated rings. The van der Waals surface area contributed by atoms with E-state index < -0.39 is 0 Å². The van der Waals surface area contributed by atoms with E-state index in [0.29, 0.717) is 19.8 Å². The molecule has 18 heavy (non-hydrogen) atoms. The Morgan fingerprint density at radius 3 is 2.78 bits per heavy atom. The minimum absolute atomic E-state index is 0.144. The summed E-state index contributed by atoms with van der Waals surface area (Å²) in [4.78, 5) is 14.3. The molecule has 1 aromatic carbocycles. The molecule has 0 aliphatic carbocycles. The molecule has 1 saturated heterocycles. The van der Waals surface area contributed by atoms with E-state index >= 15 is 0 Å². The number of rotatable bonds is 1. The number of amides is 1. The molecule has 0 saturated carbocycles. The van der Waals surface area contributed by atoms with E-state index in [-0.39, 0.29) is 17.9 Å². The predicted octanol–water partition coefficient (Wildman–Crippen LogP) is 0.545. The number of ether oxygens (including phenoxy) is 1. The van der Waals surface area contributed by atoms with Crippen LogP contribution in [0.4, 0.5) is 0 Å². The van der Waals surface area contributed by atoms with E-state index in [1.807, 2.05) is 11.0 Å². The van der Waals surface area contributed by atoms with Crippen LogP contribution in [0.1, 0.15) is 11.1 Å². The van der Waals surface area contributed by atoms with Crippen molar-refractivity contribution < 1.29 is 9.53 Å². The first-order valence-corrected chi connectivity index (χ1v) is 6.44. The fraction of sp³-hybridized carbons (Fsp3) is 0.500. The predicted molar refractivity (Wildman–Crippen MR) is 67.8 cm³/mol. The average molecular weight is 246 g/mol. The standard InChI is InChI=1S/C14H18N2O2/c15-13-9-18-8-12(13)14(17)16-6-5-10-3-1-2-4-11(10)7-16/h1-4,12-13H,5-9,15H2. The van der Waals surface area contributed by atoms with Crippen molar-refractivity contribution >= 4 is 5.91 Å². The van der Waals surface area contributed by atoms with E-state index in [4.69, 9.17) is 10.5 Å². The van der Waals surface area contributed by atoms with Crippen LogP contribution in [0.5, 0.6) is 0 Å². The van der Waals surface area contributed by atoms with Gasteiger partial charge in [0.1, 0.15) is 0 Å². The summed E-state index contributed by atoms with van der Waals surface area (Å²) < 4.78 is 5.28. The Balaban J connectivity index is 1.74. The van der Waals surface area contributed by atoms with Crippen molar-refractivity contribution in [3.8, 4) is 0 Å². The number of benzene rings is 1. The molecule has 0 spiro atoms. The molecule has 2 aliphatic rings. The van der Waals surface area contributed by atoms with Gasteiger partial charge in [0.2, 0.25) is 5.91 Å². The largest absolute Gasteiger partial charge is 0.379 e. The lowest BCUT2D eigenvalue weighted by Crippen LogP contribution is -2.45. The van der Waals surface area contributed by atoms with Gasteiger partial charge in [-0.3, -0.25) is 4.79 Å². The van der Waals surface area contributed by atoms with Gasteiger partial charge in [0, 0.05) is 19.1 Å². The fourth-order valence-corrected chi connectivity index (χ4v) is 2.74. The molecular formula is C14H18N2O2. The highest BCUT2D eigenvalue weighted by atomic mass is 16.5. The summed E-state index contributed by atoms with van der Waals surface area (Å²) >= 11 is 0. The molecule has 2 N–H and O–H groups in total. The SMILES string of the molecule is NC1COCC1C(=O)N1CCc2ccccc2C1. The normalized spacial score (nSPS) is 27.1. The topological polar surface area (TPSA) is 55.6 Å². The number of nitrogens with two attached hydrogens (primary N) is 1. The highest BCUT2D eigenvalue weighted by Crippen LogP contribution is 2.22. The quantitative estimate of drug-likeness (QED) is 0.787. The van der Waals surface area contributed by atoms with Crippen molar-refractivity contribution in [2.24, 2.45) is 11.7 Å². The zero-order valence-corrected chi connectivity index (χ0v) is 10.3. The van der Waals surface area contributed by atoms with Gasteiger partial charge in [-0.2, -0.15) is 0 Å². The molecule has 2 heterocycles. The zero-order valence-electron chi connectivity index (χ0n) is 10.3. The molecule has 4 nitrogen and oxygen atoms in total. The van der Waals surface area contributed by atoms with Gasteiger partial charge in [-0.05, 0) is 17.5 Å². The first kappa shape index (κ1) is 11.7. The summed E-state index contributed by atoms with van der Waals surface area (Å²) in [5.74, 6) is -0.00948. The second-order valence-electron chi connectivity index (χ2n) is 5.09. The van der Waals surface area contributed by atoms with E-state index in [0.717, 1.165) is 13.0 Å². The fourth-order valence-electron chi connectivity index (χ4n) is 2.74. The van der Waals surface area contributed by atoms with Crippen LogP contribution in [-0.2, 0) is 22.5 Å². The van der Waals surface area contributed by atoms with Crippen molar-refractivity contribution in [1.82, 2.24) is 4.90 Å². The van der Waals surface area contributed by atoms with E-state index in [1.165, 1.54) is 11.1 Å². The Bertz CT molecular complexity index is 461. The second kappa shape index (κ2) is 4.71. The van der Waals surface area contributed by atoms with E-state index in [2.05, 4.69) is 18.2 Å². The molecule has 1 amide bonds. The number of hydrogen-bond acceptors (Lipinski definition) is 3. The smallest absolute Gasteiger partial charge is 0.229 e. The Kier molecular flexibility index (Phi) is 3.06. The van der Waals surface area contributed by atoms with Crippen molar-refractivity contribution in [2.45, 2.75) is 19.0 Å². The van der Waals surface area contributed by atoms with E-state index in [9.17, 15) is 4.79 Å². The third kappa shape index (κ3) is 2.02. The molecule has 2 unspecified atom stereocenters. The minimum Gasteiger partial charge on any atom is -0.379 e. The highest BCUT2D eigenvalue weighted by molar-refractivity contribution is 5.80. The van der Waals surface area contributed by atoms with Crippen molar-refractivity contribution in [2.75, 3.05) is 19.8 Å². The van der Waals surface area contributed by atoms with Crippen LogP contribution in [0.25, 0.3) is 0 Å². The molecule has 4 heteroatoms. The molecule has 0 aromatic heterocycles. The maximum atomic E-state index is 12.4.